The number of benzene rings is 2. The smallest absolute Gasteiger partial charge is 0.325 e. The Hall–Kier alpha value is -2.90. The SMILES string of the molecule is O=C(CSc1ncc(S(=O)(=O)c2cccc(C(F)(F)F)c2)c(=O)[nH]1)Nc1ccc(F)c(Cl)c1. The molecule has 174 valence electrons. The second kappa shape index (κ2) is 9.53. The first kappa shape index (κ1) is 24.7. The molecular formula is C19H12ClF4N3O4S2. The summed E-state index contributed by atoms with van der Waals surface area (Å²) in [5.41, 5.74) is -2.07. The van der Waals surface area contributed by atoms with Gasteiger partial charge in [-0.2, -0.15) is 13.2 Å². The lowest BCUT2D eigenvalue weighted by Crippen LogP contribution is -2.20. The fraction of sp³-hybridized carbons (Fsp3) is 0.105. The van der Waals surface area contributed by atoms with E-state index < -0.39 is 48.7 Å². The van der Waals surface area contributed by atoms with E-state index in [1.165, 1.54) is 12.1 Å². The maximum absolute atomic E-state index is 13.2. The molecule has 0 atom stereocenters. The first-order valence-corrected chi connectivity index (χ1v) is 11.6. The van der Waals surface area contributed by atoms with E-state index in [0.29, 0.717) is 18.3 Å². The third-order valence-electron chi connectivity index (χ3n) is 4.05. The van der Waals surface area contributed by atoms with Crippen LogP contribution in [0.2, 0.25) is 5.02 Å². The molecule has 0 saturated heterocycles. The van der Waals surface area contributed by atoms with Gasteiger partial charge in [0.2, 0.25) is 15.7 Å². The molecule has 2 N–H and O–H groups in total. The number of carbonyl (C=O) groups is 1. The van der Waals surface area contributed by atoms with Crippen LogP contribution in [-0.4, -0.2) is 30.0 Å². The maximum Gasteiger partial charge on any atom is 0.416 e. The molecular weight excluding hydrogens is 510 g/mol. The Balaban J connectivity index is 1.74. The molecule has 3 aromatic rings. The zero-order chi connectivity index (χ0) is 24.4. The number of sulfone groups is 1. The molecule has 0 radical (unpaired) electrons. The average molecular weight is 522 g/mol. The van der Waals surface area contributed by atoms with Gasteiger partial charge < -0.3 is 10.3 Å². The van der Waals surface area contributed by atoms with Crippen molar-refractivity contribution >= 4 is 44.8 Å². The van der Waals surface area contributed by atoms with Gasteiger partial charge in [0, 0.05) is 5.69 Å². The molecule has 7 nitrogen and oxygen atoms in total. The summed E-state index contributed by atoms with van der Waals surface area (Å²) in [5, 5.41) is 2.16. The van der Waals surface area contributed by atoms with Gasteiger partial charge in [0.15, 0.2) is 10.1 Å². The number of thioether (sulfide) groups is 1. The first-order valence-electron chi connectivity index (χ1n) is 8.77. The van der Waals surface area contributed by atoms with Gasteiger partial charge >= 0.3 is 6.18 Å². The van der Waals surface area contributed by atoms with Crippen molar-refractivity contribution in [2.24, 2.45) is 0 Å². The van der Waals surface area contributed by atoms with Crippen LogP contribution in [0, 0.1) is 5.82 Å². The molecule has 33 heavy (non-hydrogen) atoms. The van der Waals surface area contributed by atoms with Crippen LogP contribution in [0.3, 0.4) is 0 Å². The number of amides is 1. The Kier molecular flexibility index (Phi) is 7.14. The van der Waals surface area contributed by atoms with Crippen molar-refractivity contribution in [3.8, 4) is 0 Å². The van der Waals surface area contributed by atoms with E-state index in [4.69, 9.17) is 11.6 Å². The number of anilines is 1. The normalized spacial score (nSPS) is 11.9. The van der Waals surface area contributed by atoms with Crippen LogP contribution in [0.25, 0.3) is 0 Å². The van der Waals surface area contributed by atoms with Crippen LogP contribution in [0.15, 0.2) is 68.4 Å². The molecule has 3 rings (SSSR count). The fourth-order valence-corrected chi connectivity index (χ4v) is 4.60. The molecule has 0 spiro atoms. The van der Waals surface area contributed by atoms with E-state index >= 15 is 0 Å². The molecule has 0 aliphatic carbocycles. The Bertz CT molecular complexity index is 1380. The molecule has 0 bridgehead atoms. The highest BCUT2D eigenvalue weighted by molar-refractivity contribution is 7.99. The van der Waals surface area contributed by atoms with E-state index in [-0.39, 0.29) is 21.6 Å². The third-order valence-corrected chi connectivity index (χ3v) is 6.97. The number of aromatic nitrogens is 2. The predicted molar refractivity (Wildman–Crippen MR) is 113 cm³/mol. The maximum atomic E-state index is 13.2. The highest BCUT2D eigenvalue weighted by Crippen LogP contribution is 2.31. The summed E-state index contributed by atoms with van der Waals surface area (Å²) in [4.78, 5) is 28.7. The van der Waals surface area contributed by atoms with Crippen molar-refractivity contribution in [1.29, 1.82) is 0 Å². The lowest BCUT2D eigenvalue weighted by molar-refractivity contribution is -0.137. The number of hydrogen-bond acceptors (Lipinski definition) is 6. The van der Waals surface area contributed by atoms with E-state index in [0.717, 1.165) is 30.0 Å². The number of nitrogens with zero attached hydrogens (tertiary/aromatic N) is 1. The van der Waals surface area contributed by atoms with Crippen LogP contribution in [0.5, 0.6) is 0 Å². The summed E-state index contributed by atoms with van der Waals surface area (Å²) in [6.45, 7) is 0. The van der Waals surface area contributed by atoms with Crippen molar-refractivity contribution in [2.45, 2.75) is 21.1 Å². The summed E-state index contributed by atoms with van der Waals surface area (Å²) < 4.78 is 77.1. The van der Waals surface area contributed by atoms with Gasteiger partial charge in [-0.05, 0) is 36.4 Å². The highest BCUT2D eigenvalue weighted by atomic mass is 35.5. The largest absolute Gasteiger partial charge is 0.416 e. The predicted octanol–water partition coefficient (Wildman–Crippen LogP) is 4.14. The van der Waals surface area contributed by atoms with Crippen LogP contribution in [0.4, 0.5) is 23.2 Å². The van der Waals surface area contributed by atoms with E-state index in [1.807, 2.05) is 0 Å². The topological polar surface area (TPSA) is 109 Å². The molecule has 0 unspecified atom stereocenters. The monoisotopic (exact) mass is 521 g/mol. The second-order valence-electron chi connectivity index (χ2n) is 6.38. The average Bonchev–Trinajstić information content (AvgIpc) is 2.74. The van der Waals surface area contributed by atoms with E-state index in [2.05, 4.69) is 15.3 Å². The van der Waals surface area contributed by atoms with Gasteiger partial charge in [-0.1, -0.05) is 29.4 Å². The van der Waals surface area contributed by atoms with Crippen molar-refractivity contribution in [1.82, 2.24) is 9.97 Å². The number of halogens is 5. The second-order valence-corrected chi connectivity index (χ2v) is 9.67. The Morgan fingerprint density at radius 1 is 1.18 bits per heavy atom. The molecule has 0 saturated carbocycles. The van der Waals surface area contributed by atoms with Gasteiger partial charge in [0.1, 0.15) is 5.82 Å². The third kappa shape index (κ3) is 5.92. The summed E-state index contributed by atoms with van der Waals surface area (Å²) in [7, 11) is -4.59. The number of nitrogens with one attached hydrogen (secondary N) is 2. The quantitative estimate of drug-likeness (QED) is 0.287. The Morgan fingerprint density at radius 3 is 2.55 bits per heavy atom. The standard InChI is InChI=1S/C19H12ClF4N3O4S2/c20-13-7-11(4-5-14(13)21)26-16(28)9-32-18-25-8-15(17(29)27-18)33(30,31)12-3-1-2-10(6-12)19(22,23)24/h1-8H,9H2,(H,26,28)(H,25,27,29). The molecule has 1 aromatic heterocycles. The number of H-pyrrole nitrogens is 1. The van der Waals surface area contributed by atoms with Crippen LogP contribution >= 0.6 is 23.4 Å². The number of aromatic amines is 1. The van der Waals surface area contributed by atoms with Crippen LogP contribution in [-0.2, 0) is 20.8 Å². The van der Waals surface area contributed by atoms with Gasteiger partial charge in [0.25, 0.3) is 5.56 Å². The van der Waals surface area contributed by atoms with Gasteiger partial charge in [0.05, 0.1) is 27.4 Å². The van der Waals surface area contributed by atoms with Gasteiger partial charge in [-0.15, -0.1) is 0 Å². The fourth-order valence-electron chi connectivity index (χ4n) is 2.50. The Morgan fingerprint density at radius 2 is 1.91 bits per heavy atom. The molecule has 1 amide bonds. The zero-order valence-electron chi connectivity index (χ0n) is 16.1. The highest BCUT2D eigenvalue weighted by Gasteiger charge is 2.32. The minimum Gasteiger partial charge on any atom is -0.325 e. The van der Waals surface area contributed by atoms with E-state index in [1.54, 1.807) is 0 Å². The van der Waals surface area contributed by atoms with Crippen molar-refractivity contribution < 1.29 is 30.8 Å². The lowest BCUT2D eigenvalue weighted by Gasteiger charge is -2.09. The zero-order valence-corrected chi connectivity index (χ0v) is 18.5. The van der Waals surface area contributed by atoms with E-state index in [9.17, 15) is 35.6 Å². The van der Waals surface area contributed by atoms with Gasteiger partial charge in [-0.25, -0.2) is 17.8 Å². The van der Waals surface area contributed by atoms with Crippen LogP contribution < -0.4 is 10.9 Å². The van der Waals surface area contributed by atoms with Crippen LogP contribution in [0.1, 0.15) is 5.56 Å². The van der Waals surface area contributed by atoms with Crippen molar-refractivity contribution in [2.75, 3.05) is 11.1 Å². The number of alkyl halides is 3. The number of rotatable bonds is 6. The summed E-state index contributed by atoms with van der Waals surface area (Å²) >= 11 is 6.39. The van der Waals surface area contributed by atoms with Gasteiger partial charge in [-0.3, -0.25) is 9.59 Å². The molecule has 2 aromatic carbocycles. The molecule has 0 aliphatic rings. The Labute approximate surface area is 193 Å². The summed E-state index contributed by atoms with van der Waals surface area (Å²) in [5.74, 6) is -1.46. The van der Waals surface area contributed by atoms with Crippen molar-refractivity contribution in [3.05, 3.63) is 75.4 Å². The summed E-state index contributed by atoms with van der Waals surface area (Å²) in [6.07, 6.45) is -4.06. The molecule has 0 aliphatic heterocycles. The molecule has 1 heterocycles. The number of hydrogen-bond donors (Lipinski definition) is 2. The number of carbonyl (C=O) groups excluding carboxylic acids is 1. The van der Waals surface area contributed by atoms with Crippen molar-refractivity contribution in [3.63, 3.8) is 0 Å². The minimum atomic E-state index is -4.77. The minimum absolute atomic E-state index is 0.102. The first-order chi connectivity index (χ1) is 15.4. The summed E-state index contributed by atoms with van der Waals surface area (Å²) in [6, 6.07) is 6.51. The lowest BCUT2D eigenvalue weighted by atomic mass is 10.2. The molecule has 0 fully saturated rings. The molecule has 14 heteroatoms.